The Hall–Kier alpha value is -2.24. The van der Waals surface area contributed by atoms with Crippen molar-refractivity contribution >= 4 is 17.3 Å². The van der Waals surface area contributed by atoms with E-state index in [1.807, 2.05) is 0 Å². The Balaban J connectivity index is 2.11. The molecule has 1 amide bonds. The molecule has 0 bridgehead atoms. The number of carbonyl (C=O) groups excluding carboxylic acids is 1. The minimum atomic E-state index is -0.520. The third-order valence-corrected chi connectivity index (χ3v) is 3.89. The lowest BCUT2D eigenvalue weighted by Crippen LogP contribution is -2.29. The van der Waals surface area contributed by atoms with Crippen molar-refractivity contribution in [2.45, 2.75) is 33.1 Å². The molecular weight excluding hydrogens is 270 g/mol. The Bertz CT molecular complexity index is 571. The Kier molecular flexibility index (Phi) is 4.67. The van der Waals surface area contributed by atoms with Crippen LogP contribution in [-0.4, -0.2) is 16.5 Å². The van der Waals surface area contributed by atoms with E-state index in [1.54, 1.807) is 0 Å². The molecule has 1 N–H and O–H groups in total. The summed E-state index contributed by atoms with van der Waals surface area (Å²) in [7, 11) is 0. The van der Waals surface area contributed by atoms with E-state index in [4.69, 9.17) is 0 Å². The number of hydrogen-bond donors (Lipinski definition) is 1. The molecular formula is C15H19N3O3. The Morgan fingerprint density at radius 1 is 1.33 bits per heavy atom. The van der Waals surface area contributed by atoms with Crippen molar-refractivity contribution < 1.29 is 9.72 Å². The predicted octanol–water partition coefficient (Wildman–Crippen LogP) is 3.14. The predicted molar refractivity (Wildman–Crippen MR) is 80.2 cm³/mol. The van der Waals surface area contributed by atoms with Crippen molar-refractivity contribution in [1.29, 1.82) is 0 Å². The first-order chi connectivity index (χ1) is 9.99. The van der Waals surface area contributed by atoms with Crippen LogP contribution >= 0.6 is 0 Å². The number of hydrogen-bond acceptors (Lipinski definition) is 4. The summed E-state index contributed by atoms with van der Waals surface area (Å²) in [5.74, 6) is 0.300. The number of hydrazone groups is 1. The molecule has 0 heterocycles. The van der Waals surface area contributed by atoms with Crippen LogP contribution in [0.4, 0.5) is 5.69 Å². The second-order valence-electron chi connectivity index (χ2n) is 5.52. The maximum Gasteiger partial charge on any atom is 0.271 e. The maximum atomic E-state index is 12.0. The molecule has 0 saturated heterocycles. The van der Waals surface area contributed by atoms with Gasteiger partial charge in [0.25, 0.3) is 11.6 Å². The van der Waals surface area contributed by atoms with E-state index < -0.39 is 10.8 Å². The summed E-state index contributed by atoms with van der Waals surface area (Å²) >= 11 is 0. The zero-order valence-electron chi connectivity index (χ0n) is 12.2. The van der Waals surface area contributed by atoms with E-state index in [-0.39, 0.29) is 11.3 Å². The van der Waals surface area contributed by atoms with Crippen LogP contribution in [0.3, 0.4) is 0 Å². The lowest BCUT2D eigenvalue weighted by molar-refractivity contribution is -0.384. The second-order valence-corrected chi connectivity index (χ2v) is 5.52. The molecule has 1 fully saturated rings. The van der Waals surface area contributed by atoms with E-state index in [2.05, 4.69) is 24.4 Å². The van der Waals surface area contributed by atoms with Gasteiger partial charge in [0.05, 0.1) is 4.92 Å². The van der Waals surface area contributed by atoms with E-state index in [1.165, 1.54) is 30.7 Å². The summed E-state index contributed by atoms with van der Waals surface area (Å²) in [5.41, 5.74) is 3.66. The van der Waals surface area contributed by atoms with Crippen molar-refractivity contribution in [3.63, 3.8) is 0 Å². The summed E-state index contributed by atoms with van der Waals surface area (Å²) in [6.45, 7) is 4.21. The molecule has 6 nitrogen and oxygen atoms in total. The van der Waals surface area contributed by atoms with Gasteiger partial charge >= 0.3 is 0 Å². The Morgan fingerprint density at radius 2 is 2.00 bits per heavy atom. The van der Waals surface area contributed by atoms with Crippen LogP contribution in [0.25, 0.3) is 0 Å². The molecule has 0 aliphatic heterocycles. The van der Waals surface area contributed by atoms with Gasteiger partial charge in [-0.15, -0.1) is 0 Å². The van der Waals surface area contributed by atoms with Crippen molar-refractivity contribution in [3.8, 4) is 0 Å². The minimum Gasteiger partial charge on any atom is -0.267 e. The van der Waals surface area contributed by atoms with E-state index in [0.29, 0.717) is 11.8 Å². The lowest BCUT2D eigenvalue weighted by Gasteiger charge is -2.26. The maximum absolute atomic E-state index is 12.0. The molecule has 6 heteroatoms. The van der Waals surface area contributed by atoms with Crippen LogP contribution in [0.1, 0.15) is 43.5 Å². The van der Waals surface area contributed by atoms with Gasteiger partial charge in [0.2, 0.25) is 0 Å². The molecule has 21 heavy (non-hydrogen) atoms. The highest BCUT2D eigenvalue weighted by Crippen LogP contribution is 2.25. The van der Waals surface area contributed by atoms with Gasteiger partial charge in [-0.25, -0.2) is 5.43 Å². The zero-order valence-corrected chi connectivity index (χ0v) is 12.2. The highest BCUT2D eigenvalue weighted by Gasteiger charge is 2.23. The number of carbonyl (C=O) groups is 1. The Labute approximate surface area is 123 Å². The summed E-state index contributed by atoms with van der Waals surface area (Å²) < 4.78 is 0. The second kappa shape index (κ2) is 6.47. The van der Waals surface area contributed by atoms with Crippen LogP contribution in [0.15, 0.2) is 29.4 Å². The fourth-order valence-corrected chi connectivity index (χ4v) is 2.67. The molecule has 1 aliphatic carbocycles. The molecule has 1 aliphatic rings. The number of benzene rings is 1. The van der Waals surface area contributed by atoms with Gasteiger partial charge in [0, 0.05) is 23.4 Å². The van der Waals surface area contributed by atoms with Crippen LogP contribution in [0, 0.1) is 22.0 Å². The molecule has 1 saturated carbocycles. The standard InChI is InChI=1S/C15H19N3O3/c1-10-5-3-6-11(2)14(10)16-17-15(19)12-7-4-8-13(9-12)18(20)21/h4,7-11H,3,5-6H2,1-2H3,(H,17,19)/t10-,11-/m1/s1. The average molecular weight is 289 g/mol. The minimum absolute atomic E-state index is 0.102. The third kappa shape index (κ3) is 3.65. The molecule has 0 spiro atoms. The first-order valence-electron chi connectivity index (χ1n) is 7.11. The van der Waals surface area contributed by atoms with Gasteiger partial charge in [0.1, 0.15) is 0 Å². The zero-order chi connectivity index (χ0) is 15.4. The summed E-state index contributed by atoms with van der Waals surface area (Å²) in [5, 5.41) is 15.0. The van der Waals surface area contributed by atoms with Gasteiger partial charge in [0.15, 0.2) is 0 Å². The fraction of sp³-hybridized carbons (Fsp3) is 0.467. The van der Waals surface area contributed by atoms with Crippen molar-refractivity contribution in [1.82, 2.24) is 5.43 Å². The quantitative estimate of drug-likeness (QED) is 0.685. The number of nitro groups is 1. The third-order valence-electron chi connectivity index (χ3n) is 3.89. The van der Waals surface area contributed by atoms with Crippen LogP contribution < -0.4 is 5.43 Å². The fourth-order valence-electron chi connectivity index (χ4n) is 2.67. The summed E-state index contributed by atoms with van der Waals surface area (Å²) in [4.78, 5) is 22.2. The molecule has 0 radical (unpaired) electrons. The van der Waals surface area contributed by atoms with Gasteiger partial charge < -0.3 is 0 Å². The summed E-state index contributed by atoms with van der Waals surface area (Å²) in [6.07, 6.45) is 3.34. The van der Waals surface area contributed by atoms with Crippen LogP contribution in [-0.2, 0) is 0 Å². The smallest absolute Gasteiger partial charge is 0.267 e. The van der Waals surface area contributed by atoms with Crippen molar-refractivity contribution in [2.75, 3.05) is 0 Å². The van der Waals surface area contributed by atoms with Gasteiger partial charge in [-0.2, -0.15) is 5.10 Å². The average Bonchev–Trinajstić information content (AvgIpc) is 2.46. The molecule has 1 aromatic carbocycles. The molecule has 0 unspecified atom stereocenters. The normalized spacial score (nSPS) is 21.7. The van der Waals surface area contributed by atoms with Gasteiger partial charge in [-0.3, -0.25) is 14.9 Å². The van der Waals surface area contributed by atoms with Crippen LogP contribution in [0.2, 0.25) is 0 Å². The topological polar surface area (TPSA) is 84.6 Å². The number of rotatable bonds is 3. The highest BCUT2D eigenvalue weighted by atomic mass is 16.6. The van der Waals surface area contributed by atoms with Gasteiger partial charge in [-0.05, 0) is 30.7 Å². The van der Waals surface area contributed by atoms with E-state index in [9.17, 15) is 14.9 Å². The van der Waals surface area contributed by atoms with Crippen LogP contribution in [0.5, 0.6) is 0 Å². The Morgan fingerprint density at radius 3 is 2.62 bits per heavy atom. The van der Waals surface area contributed by atoms with E-state index >= 15 is 0 Å². The summed E-state index contributed by atoms with van der Waals surface area (Å²) in [6, 6.07) is 5.64. The SMILES string of the molecule is C[C@@H]1CCC[C@@H](C)C1=NNC(=O)c1cccc([N+](=O)[O-])c1. The molecule has 2 atom stereocenters. The van der Waals surface area contributed by atoms with Crippen molar-refractivity contribution in [3.05, 3.63) is 39.9 Å². The number of nitrogens with one attached hydrogen (secondary N) is 1. The molecule has 112 valence electrons. The number of nitrogens with zero attached hydrogens (tertiary/aromatic N) is 2. The molecule has 0 aromatic heterocycles. The first kappa shape index (κ1) is 15.2. The number of nitro benzene ring substituents is 1. The van der Waals surface area contributed by atoms with E-state index in [0.717, 1.165) is 18.6 Å². The highest BCUT2D eigenvalue weighted by molar-refractivity contribution is 5.96. The first-order valence-corrected chi connectivity index (χ1v) is 7.11. The van der Waals surface area contributed by atoms with Crippen molar-refractivity contribution in [2.24, 2.45) is 16.9 Å². The molecule has 2 rings (SSSR count). The largest absolute Gasteiger partial charge is 0.271 e. The molecule has 1 aromatic rings. The lowest BCUT2D eigenvalue weighted by atomic mass is 9.81. The number of amides is 1. The van der Waals surface area contributed by atoms with Gasteiger partial charge in [-0.1, -0.05) is 26.3 Å². The monoisotopic (exact) mass is 289 g/mol. The number of non-ortho nitro benzene ring substituents is 1.